The number of rotatable bonds is 4. The highest BCUT2D eigenvalue weighted by atomic mass is 35.5. The Bertz CT molecular complexity index is 69.9. The van der Waals surface area contributed by atoms with Gasteiger partial charge in [0.1, 0.15) is 6.61 Å². The van der Waals surface area contributed by atoms with E-state index in [9.17, 15) is 0 Å². The molecular weight excluding hydrogens is 138 g/mol. The van der Waals surface area contributed by atoms with Gasteiger partial charge in [-0.1, -0.05) is 0 Å². The van der Waals surface area contributed by atoms with Crippen molar-refractivity contribution >= 4 is 11.6 Å². The van der Waals surface area contributed by atoms with Gasteiger partial charge in [-0.05, 0) is 6.42 Å². The molecule has 0 aliphatic carbocycles. The van der Waals surface area contributed by atoms with Crippen molar-refractivity contribution in [3.05, 3.63) is 0 Å². The molecule has 0 N–H and O–H groups in total. The predicted molar refractivity (Wildman–Crippen MR) is 39.3 cm³/mol. The van der Waals surface area contributed by atoms with Crippen molar-refractivity contribution in [2.75, 3.05) is 33.6 Å². The molecule has 0 aromatic rings. The number of hydrogen-bond donors (Lipinski definition) is 0. The van der Waals surface area contributed by atoms with Crippen LogP contribution in [0.5, 0.6) is 0 Å². The Hall–Kier alpha value is 0.210. The van der Waals surface area contributed by atoms with E-state index < -0.39 is 0 Å². The lowest BCUT2D eigenvalue weighted by molar-refractivity contribution is -1.06. The maximum absolute atomic E-state index is 5.44. The summed E-state index contributed by atoms with van der Waals surface area (Å²) in [5, 5.41) is 0. The molecule has 9 heavy (non-hydrogen) atoms. The van der Waals surface area contributed by atoms with Gasteiger partial charge in [-0.2, -0.15) is 4.65 Å². The highest BCUT2D eigenvalue weighted by Gasteiger charge is 2.05. The minimum atomic E-state index is 0.552. The van der Waals surface area contributed by atoms with E-state index in [-0.39, 0.29) is 0 Å². The molecule has 56 valence electrons. The van der Waals surface area contributed by atoms with Gasteiger partial charge in [0.15, 0.2) is 0 Å². The molecule has 0 aliphatic heterocycles. The molecule has 0 saturated heterocycles. The van der Waals surface area contributed by atoms with Gasteiger partial charge >= 0.3 is 0 Å². The fourth-order valence-corrected chi connectivity index (χ4v) is 0.502. The Labute approximate surface area is 61.9 Å². The first-order valence-electron chi connectivity index (χ1n) is 3.08. The molecule has 0 atom stereocenters. The van der Waals surface area contributed by atoms with Crippen molar-refractivity contribution < 1.29 is 9.48 Å². The average Bonchev–Trinajstić information content (AvgIpc) is 1.63. The topological polar surface area (TPSA) is 9.23 Å². The molecule has 2 nitrogen and oxygen atoms in total. The minimum Gasteiger partial charge on any atom is -0.204 e. The SMILES string of the molecule is C[N+](C)(C)OCCCCl. The Morgan fingerprint density at radius 3 is 2.22 bits per heavy atom. The van der Waals surface area contributed by atoms with E-state index >= 15 is 0 Å². The van der Waals surface area contributed by atoms with Gasteiger partial charge in [-0.25, -0.2) is 4.84 Å². The van der Waals surface area contributed by atoms with Crippen molar-refractivity contribution in [1.82, 2.24) is 0 Å². The summed E-state index contributed by atoms with van der Waals surface area (Å²) in [5.41, 5.74) is 0. The van der Waals surface area contributed by atoms with E-state index in [0.717, 1.165) is 13.0 Å². The van der Waals surface area contributed by atoms with Gasteiger partial charge in [0.25, 0.3) is 0 Å². The Morgan fingerprint density at radius 1 is 1.33 bits per heavy atom. The quantitative estimate of drug-likeness (QED) is 0.255. The molecule has 0 saturated carbocycles. The third kappa shape index (κ3) is 8.21. The van der Waals surface area contributed by atoms with Crippen LogP contribution >= 0.6 is 11.6 Å². The van der Waals surface area contributed by atoms with Crippen LogP contribution < -0.4 is 0 Å². The highest BCUT2D eigenvalue weighted by Crippen LogP contribution is 1.94. The summed E-state index contributed by atoms with van der Waals surface area (Å²) in [6.07, 6.45) is 0.928. The van der Waals surface area contributed by atoms with E-state index in [4.69, 9.17) is 16.4 Å². The van der Waals surface area contributed by atoms with Crippen LogP contribution in [0.15, 0.2) is 0 Å². The van der Waals surface area contributed by atoms with Crippen LogP contribution in [0.3, 0.4) is 0 Å². The lowest BCUT2D eigenvalue weighted by atomic mass is 10.5. The zero-order valence-electron chi connectivity index (χ0n) is 6.35. The molecule has 0 rings (SSSR count). The molecule has 0 bridgehead atoms. The molecule has 0 unspecified atom stereocenters. The van der Waals surface area contributed by atoms with Crippen molar-refractivity contribution in [2.45, 2.75) is 6.42 Å². The molecule has 0 radical (unpaired) electrons. The second-order valence-corrected chi connectivity index (χ2v) is 3.14. The molecule has 0 spiro atoms. The minimum absolute atomic E-state index is 0.552. The molecule has 0 aromatic heterocycles. The summed E-state index contributed by atoms with van der Waals surface area (Å²) in [6, 6.07) is 0. The van der Waals surface area contributed by atoms with Crippen LogP contribution in [0, 0.1) is 0 Å². The lowest BCUT2D eigenvalue weighted by Crippen LogP contribution is -2.34. The first kappa shape index (κ1) is 9.21. The number of nitrogens with zero attached hydrogens (tertiary/aromatic N) is 1. The van der Waals surface area contributed by atoms with Crippen LogP contribution in [0.1, 0.15) is 6.42 Å². The largest absolute Gasteiger partial charge is 0.204 e. The summed E-state index contributed by atoms with van der Waals surface area (Å²) in [7, 11) is 5.94. The Morgan fingerprint density at radius 2 is 1.89 bits per heavy atom. The van der Waals surface area contributed by atoms with Crippen LogP contribution in [-0.2, 0) is 4.84 Å². The maximum Gasteiger partial charge on any atom is 0.107 e. The van der Waals surface area contributed by atoms with Crippen molar-refractivity contribution in [3.63, 3.8) is 0 Å². The van der Waals surface area contributed by atoms with Gasteiger partial charge in [0.05, 0.1) is 21.1 Å². The number of alkyl halides is 1. The zero-order chi connectivity index (χ0) is 7.33. The van der Waals surface area contributed by atoms with Crippen molar-refractivity contribution in [2.24, 2.45) is 0 Å². The molecule has 0 fully saturated rings. The fourth-order valence-electron chi connectivity index (χ4n) is 0.393. The van der Waals surface area contributed by atoms with Gasteiger partial charge in [-0.15, -0.1) is 11.6 Å². The highest BCUT2D eigenvalue weighted by molar-refractivity contribution is 6.17. The average molecular weight is 153 g/mol. The molecule has 0 aromatic carbocycles. The fraction of sp³-hybridized carbons (Fsp3) is 1.00. The molecule has 3 heteroatoms. The van der Waals surface area contributed by atoms with E-state index in [2.05, 4.69) is 0 Å². The predicted octanol–water partition coefficient (Wildman–Crippen LogP) is 1.25. The lowest BCUT2D eigenvalue weighted by Gasteiger charge is -2.20. The van der Waals surface area contributed by atoms with Crippen molar-refractivity contribution in [3.8, 4) is 0 Å². The maximum atomic E-state index is 5.44. The Kier molecular flexibility index (Phi) is 4.19. The number of halogens is 1. The van der Waals surface area contributed by atoms with E-state index in [1.165, 1.54) is 0 Å². The van der Waals surface area contributed by atoms with E-state index in [1.807, 2.05) is 21.1 Å². The van der Waals surface area contributed by atoms with Crippen LogP contribution in [-0.4, -0.2) is 38.3 Å². The third-order valence-electron chi connectivity index (χ3n) is 0.757. The summed E-state index contributed by atoms with van der Waals surface area (Å²) >= 11 is 5.44. The smallest absolute Gasteiger partial charge is 0.107 e. The monoisotopic (exact) mass is 152 g/mol. The summed E-state index contributed by atoms with van der Waals surface area (Å²) in [4.78, 5) is 5.32. The second-order valence-electron chi connectivity index (χ2n) is 2.77. The van der Waals surface area contributed by atoms with Gasteiger partial charge in [0.2, 0.25) is 0 Å². The van der Waals surface area contributed by atoms with Gasteiger partial charge in [0, 0.05) is 5.88 Å². The van der Waals surface area contributed by atoms with Gasteiger partial charge < -0.3 is 0 Å². The van der Waals surface area contributed by atoms with E-state index in [0.29, 0.717) is 10.5 Å². The second kappa shape index (κ2) is 4.09. The first-order chi connectivity index (χ1) is 4.06. The standard InChI is InChI=1S/C6H15ClNO/c1-8(2,3)9-6-4-5-7/h4-6H2,1-3H3/q+1. The number of quaternary nitrogens is 1. The summed E-state index contributed by atoms with van der Waals surface area (Å²) in [5.74, 6) is 0.681. The van der Waals surface area contributed by atoms with Crippen molar-refractivity contribution in [1.29, 1.82) is 0 Å². The molecular formula is C6H15ClNO+. The van der Waals surface area contributed by atoms with Gasteiger partial charge in [-0.3, -0.25) is 0 Å². The first-order valence-corrected chi connectivity index (χ1v) is 3.61. The van der Waals surface area contributed by atoms with Crippen LogP contribution in [0.4, 0.5) is 0 Å². The van der Waals surface area contributed by atoms with E-state index in [1.54, 1.807) is 0 Å². The summed E-state index contributed by atoms with van der Waals surface area (Å²) in [6.45, 7) is 0.743. The normalized spacial score (nSPS) is 12.0. The van der Waals surface area contributed by atoms with Crippen LogP contribution in [0.25, 0.3) is 0 Å². The van der Waals surface area contributed by atoms with Crippen LogP contribution in [0.2, 0.25) is 0 Å². The Balaban J connectivity index is 3.07. The molecule has 0 aliphatic rings. The molecule has 0 heterocycles. The molecule has 0 amide bonds. The zero-order valence-corrected chi connectivity index (χ0v) is 7.11. The number of hydrogen-bond acceptors (Lipinski definition) is 1. The third-order valence-corrected chi connectivity index (χ3v) is 1.02. The summed E-state index contributed by atoms with van der Waals surface area (Å²) < 4.78 is 0.552. The number of hydroxylamine groups is 3.